The fourth-order valence-corrected chi connectivity index (χ4v) is 1.32. The lowest BCUT2D eigenvalue weighted by atomic mass is 10.1. The number of halogens is 2. The van der Waals surface area contributed by atoms with Crippen molar-refractivity contribution in [1.82, 2.24) is 5.32 Å². The van der Waals surface area contributed by atoms with E-state index in [2.05, 4.69) is 21.2 Å². The van der Waals surface area contributed by atoms with E-state index in [4.69, 9.17) is 0 Å². The zero-order valence-electron chi connectivity index (χ0n) is 9.55. The topological polar surface area (TPSA) is 29.1 Å². The summed E-state index contributed by atoms with van der Waals surface area (Å²) in [6.07, 6.45) is 0. The molecule has 0 aliphatic carbocycles. The normalized spacial score (nSPS) is 13.3. The van der Waals surface area contributed by atoms with Gasteiger partial charge < -0.3 is 5.32 Å². The number of hydrogen-bond donors (Lipinski definition) is 1. The van der Waals surface area contributed by atoms with Gasteiger partial charge in [0.1, 0.15) is 5.82 Å². The van der Waals surface area contributed by atoms with Gasteiger partial charge in [-0.25, -0.2) is 4.39 Å². The van der Waals surface area contributed by atoms with E-state index < -0.39 is 4.32 Å². The molecule has 0 spiro atoms. The SMILES string of the molecule is CC(NC(=O)C(C)(C)Br)c1ccc(F)cc1. The highest BCUT2D eigenvalue weighted by Crippen LogP contribution is 2.19. The molecule has 0 saturated carbocycles. The molecular formula is C12H15BrFNO. The first-order valence-electron chi connectivity index (χ1n) is 5.06. The van der Waals surface area contributed by atoms with Crippen LogP contribution in [-0.2, 0) is 4.79 Å². The van der Waals surface area contributed by atoms with Gasteiger partial charge in [-0.15, -0.1) is 0 Å². The molecule has 16 heavy (non-hydrogen) atoms. The van der Waals surface area contributed by atoms with Gasteiger partial charge in [0, 0.05) is 0 Å². The Morgan fingerprint density at radius 3 is 2.31 bits per heavy atom. The summed E-state index contributed by atoms with van der Waals surface area (Å²) in [7, 11) is 0. The summed E-state index contributed by atoms with van der Waals surface area (Å²) in [5, 5.41) is 2.85. The Labute approximate surface area is 103 Å². The van der Waals surface area contributed by atoms with E-state index in [1.54, 1.807) is 26.0 Å². The van der Waals surface area contributed by atoms with Gasteiger partial charge in [0.2, 0.25) is 5.91 Å². The number of hydrogen-bond acceptors (Lipinski definition) is 1. The predicted molar refractivity (Wildman–Crippen MR) is 66.0 cm³/mol. The van der Waals surface area contributed by atoms with Crippen LogP contribution in [-0.4, -0.2) is 10.2 Å². The molecule has 1 N–H and O–H groups in total. The third-order valence-electron chi connectivity index (χ3n) is 2.26. The first-order valence-corrected chi connectivity index (χ1v) is 5.85. The average molecular weight is 288 g/mol. The quantitative estimate of drug-likeness (QED) is 0.850. The molecule has 88 valence electrons. The third kappa shape index (κ3) is 3.59. The van der Waals surface area contributed by atoms with Gasteiger partial charge in [0.05, 0.1) is 10.4 Å². The smallest absolute Gasteiger partial charge is 0.236 e. The number of rotatable bonds is 3. The molecule has 1 atom stereocenters. The van der Waals surface area contributed by atoms with Gasteiger partial charge in [0.15, 0.2) is 0 Å². The number of alkyl halides is 1. The monoisotopic (exact) mass is 287 g/mol. The molecule has 0 saturated heterocycles. The number of carbonyl (C=O) groups is 1. The summed E-state index contributed by atoms with van der Waals surface area (Å²) in [5.74, 6) is -0.368. The maximum Gasteiger partial charge on any atom is 0.236 e. The molecule has 1 amide bonds. The fourth-order valence-electron chi connectivity index (χ4n) is 1.20. The van der Waals surface area contributed by atoms with Crippen molar-refractivity contribution in [2.45, 2.75) is 31.1 Å². The van der Waals surface area contributed by atoms with Crippen molar-refractivity contribution in [3.05, 3.63) is 35.6 Å². The van der Waals surface area contributed by atoms with Gasteiger partial charge in [-0.2, -0.15) is 0 Å². The van der Waals surface area contributed by atoms with Gasteiger partial charge in [0.25, 0.3) is 0 Å². The molecule has 2 nitrogen and oxygen atoms in total. The number of amides is 1. The van der Waals surface area contributed by atoms with E-state index in [1.165, 1.54) is 12.1 Å². The molecule has 0 radical (unpaired) electrons. The number of benzene rings is 1. The Bertz CT molecular complexity index is 370. The van der Waals surface area contributed by atoms with Crippen LogP contribution in [0.3, 0.4) is 0 Å². The highest BCUT2D eigenvalue weighted by atomic mass is 79.9. The Hall–Kier alpha value is -0.900. The summed E-state index contributed by atoms with van der Waals surface area (Å²) in [4.78, 5) is 11.7. The molecule has 0 bridgehead atoms. The Kier molecular flexibility index (Phi) is 4.08. The average Bonchev–Trinajstić information content (AvgIpc) is 2.17. The predicted octanol–water partition coefficient (Wildman–Crippen LogP) is 3.18. The second-order valence-electron chi connectivity index (χ2n) is 4.22. The Morgan fingerprint density at radius 1 is 1.38 bits per heavy atom. The molecule has 1 aromatic rings. The highest BCUT2D eigenvalue weighted by Gasteiger charge is 2.24. The zero-order valence-corrected chi connectivity index (χ0v) is 11.1. The van der Waals surface area contributed by atoms with Crippen LogP contribution in [0.2, 0.25) is 0 Å². The zero-order chi connectivity index (χ0) is 12.3. The number of carbonyl (C=O) groups excluding carboxylic acids is 1. The summed E-state index contributed by atoms with van der Waals surface area (Å²) in [6, 6.07) is 5.97. The minimum atomic E-state index is -0.596. The molecule has 1 unspecified atom stereocenters. The van der Waals surface area contributed by atoms with Crippen LogP contribution in [0.25, 0.3) is 0 Å². The Morgan fingerprint density at radius 2 is 1.88 bits per heavy atom. The van der Waals surface area contributed by atoms with E-state index in [-0.39, 0.29) is 17.8 Å². The Balaban J connectivity index is 2.69. The summed E-state index contributed by atoms with van der Waals surface area (Å²) in [5.41, 5.74) is 0.881. The van der Waals surface area contributed by atoms with Crippen molar-refractivity contribution >= 4 is 21.8 Å². The highest BCUT2D eigenvalue weighted by molar-refractivity contribution is 9.10. The van der Waals surface area contributed by atoms with Crippen molar-refractivity contribution < 1.29 is 9.18 Å². The molecule has 0 heterocycles. The van der Waals surface area contributed by atoms with Crippen LogP contribution in [0, 0.1) is 5.82 Å². The lowest BCUT2D eigenvalue weighted by Gasteiger charge is -2.20. The van der Waals surface area contributed by atoms with Crippen LogP contribution in [0.1, 0.15) is 32.4 Å². The van der Waals surface area contributed by atoms with Crippen LogP contribution < -0.4 is 5.32 Å². The van der Waals surface area contributed by atoms with Crippen LogP contribution in [0.5, 0.6) is 0 Å². The summed E-state index contributed by atoms with van der Waals surface area (Å²) < 4.78 is 12.1. The first-order chi connectivity index (χ1) is 7.30. The lowest BCUT2D eigenvalue weighted by molar-refractivity contribution is -0.123. The second kappa shape index (κ2) is 4.95. The lowest BCUT2D eigenvalue weighted by Crippen LogP contribution is -2.38. The summed E-state index contributed by atoms with van der Waals surface area (Å²) >= 11 is 3.28. The van der Waals surface area contributed by atoms with Crippen LogP contribution in [0.4, 0.5) is 4.39 Å². The molecule has 0 fully saturated rings. The maximum atomic E-state index is 12.7. The largest absolute Gasteiger partial charge is 0.348 e. The van der Waals surface area contributed by atoms with Gasteiger partial charge in [-0.3, -0.25) is 4.79 Å². The molecule has 1 aromatic carbocycles. The molecule has 4 heteroatoms. The standard InChI is InChI=1S/C12H15BrFNO/c1-8(15-11(16)12(2,3)13)9-4-6-10(14)7-5-9/h4-8H,1-3H3,(H,15,16). The van der Waals surface area contributed by atoms with E-state index in [0.717, 1.165) is 5.56 Å². The molecule has 0 aliphatic heterocycles. The van der Waals surface area contributed by atoms with E-state index in [9.17, 15) is 9.18 Å². The van der Waals surface area contributed by atoms with Gasteiger partial charge in [-0.1, -0.05) is 28.1 Å². The van der Waals surface area contributed by atoms with Crippen molar-refractivity contribution in [2.75, 3.05) is 0 Å². The number of nitrogens with one attached hydrogen (secondary N) is 1. The summed E-state index contributed by atoms with van der Waals surface area (Å²) in [6.45, 7) is 5.42. The van der Waals surface area contributed by atoms with E-state index in [1.807, 2.05) is 6.92 Å². The van der Waals surface area contributed by atoms with Crippen LogP contribution in [0.15, 0.2) is 24.3 Å². The van der Waals surface area contributed by atoms with Crippen molar-refractivity contribution in [3.8, 4) is 0 Å². The molecule has 0 aromatic heterocycles. The van der Waals surface area contributed by atoms with Crippen molar-refractivity contribution in [2.24, 2.45) is 0 Å². The second-order valence-corrected chi connectivity index (χ2v) is 6.20. The molecular weight excluding hydrogens is 273 g/mol. The van der Waals surface area contributed by atoms with Crippen LogP contribution >= 0.6 is 15.9 Å². The fraction of sp³-hybridized carbons (Fsp3) is 0.417. The minimum absolute atomic E-state index is 0.0932. The van der Waals surface area contributed by atoms with Crippen molar-refractivity contribution in [3.63, 3.8) is 0 Å². The first kappa shape index (κ1) is 13.2. The maximum absolute atomic E-state index is 12.7. The van der Waals surface area contributed by atoms with E-state index >= 15 is 0 Å². The molecule has 1 rings (SSSR count). The van der Waals surface area contributed by atoms with Crippen molar-refractivity contribution in [1.29, 1.82) is 0 Å². The van der Waals surface area contributed by atoms with Gasteiger partial charge in [-0.05, 0) is 38.5 Å². The minimum Gasteiger partial charge on any atom is -0.348 e. The molecule has 0 aliphatic rings. The third-order valence-corrected chi connectivity index (χ3v) is 2.62. The van der Waals surface area contributed by atoms with Gasteiger partial charge >= 0.3 is 0 Å². The van der Waals surface area contributed by atoms with E-state index in [0.29, 0.717) is 0 Å².